The minimum absolute atomic E-state index is 0.0553. The summed E-state index contributed by atoms with van der Waals surface area (Å²) in [6, 6.07) is 7.20. The highest BCUT2D eigenvalue weighted by molar-refractivity contribution is 7.89. The quantitative estimate of drug-likeness (QED) is 0.354. The van der Waals surface area contributed by atoms with Crippen LogP contribution in [0.25, 0.3) is 10.2 Å². The molecule has 10 nitrogen and oxygen atoms in total. The lowest BCUT2D eigenvalue weighted by atomic mass is 9.84. The number of aromatic nitrogens is 5. The molecule has 2 saturated heterocycles. The Kier molecular flexibility index (Phi) is 5.66. The third-order valence-electron chi connectivity index (χ3n) is 6.73. The van der Waals surface area contributed by atoms with Crippen molar-refractivity contribution in [3.63, 3.8) is 0 Å². The molecule has 3 N–H and O–H groups in total. The number of piperidine rings is 2. The van der Waals surface area contributed by atoms with Gasteiger partial charge < -0.3 is 10.6 Å². The molecule has 0 aromatic carbocycles. The van der Waals surface area contributed by atoms with E-state index in [1.165, 1.54) is 6.20 Å². The summed E-state index contributed by atoms with van der Waals surface area (Å²) in [5.74, 6) is 1.94. The molecular weight excluding hydrogens is 484 g/mol. The Morgan fingerprint density at radius 2 is 2.00 bits per heavy atom. The van der Waals surface area contributed by atoms with Crippen LogP contribution < -0.4 is 10.6 Å². The molecule has 35 heavy (non-hydrogen) atoms. The molecule has 0 saturated carbocycles. The van der Waals surface area contributed by atoms with E-state index < -0.39 is 10.0 Å². The average molecular weight is 511 g/mol. The lowest BCUT2D eigenvalue weighted by Gasteiger charge is -2.47. The van der Waals surface area contributed by atoms with E-state index in [1.807, 2.05) is 24.4 Å². The first-order chi connectivity index (χ1) is 17.0. The third-order valence-corrected chi connectivity index (χ3v) is 9.52. The molecule has 2 bridgehead atoms. The molecule has 2 fully saturated rings. The van der Waals surface area contributed by atoms with E-state index >= 15 is 0 Å². The predicted molar refractivity (Wildman–Crippen MR) is 135 cm³/mol. The molecule has 182 valence electrons. The molecule has 4 aromatic rings. The Morgan fingerprint density at radius 3 is 2.71 bits per heavy atom. The standard InChI is InChI=1S/C23H26N8O2S2/c1-14-10-20(30-29-14)26-21-19-7-9-34-22(19)28-23(27-21)25-15-11-16-4-2-5-17(12-15)31(16)35(32,33)18-6-3-8-24-13-18/h3,6-10,13,15-17H,2,4-5,11-12H2,1H3,(H3,25,26,27,28,29,30)/t15-,16-,17+. The second-order valence-corrected chi connectivity index (χ2v) is 11.9. The zero-order valence-corrected chi connectivity index (χ0v) is 20.8. The molecular formula is C23H26N8O2S2. The van der Waals surface area contributed by atoms with Crippen molar-refractivity contribution in [3.05, 3.63) is 47.7 Å². The van der Waals surface area contributed by atoms with E-state index in [4.69, 9.17) is 9.97 Å². The third kappa shape index (κ3) is 4.26. The first kappa shape index (κ1) is 22.4. The Hall–Kier alpha value is -3.09. The van der Waals surface area contributed by atoms with Crippen molar-refractivity contribution in [2.45, 2.75) is 62.0 Å². The Bertz CT molecular complexity index is 1440. The number of fused-ring (bicyclic) bond motifs is 3. The van der Waals surface area contributed by atoms with Gasteiger partial charge in [-0.2, -0.15) is 14.4 Å². The summed E-state index contributed by atoms with van der Waals surface area (Å²) in [5, 5.41) is 16.9. The maximum Gasteiger partial charge on any atom is 0.245 e. The van der Waals surface area contributed by atoms with Gasteiger partial charge in [0.2, 0.25) is 16.0 Å². The van der Waals surface area contributed by atoms with Crippen LogP contribution in [0.15, 0.2) is 46.9 Å². The topological polar surface area (TPSA) is 129 Å². The SMILES string of the molecule is Cc1cc(Nc2nc(N[C@@H]3C[C@H]4CCC[C@@H](C3)N4S(=O)(=O)c3cccnc3)nc3sccc23)n[nH]1. The molecule has 12 heteroatoms. The fraction of sp³-hybridized carbons (Fsp3) is 0.391. The Labute approximate surface area is 207 Å². The number of H-pyrrole nitrogens is 1. The number of anilines is 3. The van der Waals surface area contributed by atoms with Gasteiger partial charge in [-0.05, 0) is 56.2 Å². The number of nitrogens with zero attached hydrogens (tertiary/aromatic N) is 5. The normalized spacial score (nSPS) is 22.8. The summed E-state index contributed by atoms with van der Waals surface area (Å²) in [4.78, 5) is 14.7. The van der Waals surface area contributed by atoms with Crippen molar-refractivity contribution >= 4 is 49.2 Å². The molecule has 0 amide bonds. The van der Waals surface area contributed by atoms with E-state index in [1.54, 1.807) is 34.0 Å². The van der Waals surface area contributed by atoms with E-state index in [0.29, 0.717) is 30.4 Å². The van der Waals surface area contributed by atoms with Gasteiger partial charge in [0.1, 0.15) is 15.5 Å². The number of nitrogens with one attached hydrogen (secondary N) is 3. The van der Waals surface area contributed by atoms with Gasteiger partial charge in [0.15, 0.2) is 5.82 Å². The fourth-order valence-corrected chi connectivity index (χ4v) is 7.89. The van der Waals surface area contributed by atoms with Gasteiger partial charge in [0, 0.05) is 42.3 Å². The van der Waals surface area contributed by atoms with Gasteiger partial charge >= 0.3 is 0 Å². The van der Waals surface area contributed by atoms with E-state index in [9.17, 15) is 8.42 Å². The van der Waals surface area contributed by atoms with Crippen molar-refractivity contribution in [2.75, 3.05) is 10.6 Å². The molecule has 6 heterocycles. The number of hydrogen-bond donors (Lipinski definition) is 3. The number of hydrogen-bond acceptors (Lipinski definition) is 9. The van der Waals surface area contributed by atoms with Crippen molar-refractivity contribution in [3.8, 4) is 0 Å². The van der Waals surface area contributed by atoms with E-state index in [2.05, 4.69) is 25.8 Å². The van der Waals surface area contributed by atoms with Gasteiger partial charge in [0.05, 0.1) is 5.39 Å². The summed E-state index contributed by atoms with van der Waals surface area (Å²) in [5.41, 5.74) is 0.959. The number of aromatic amines is 1. The summed E-state index contributed by atoms with van der Waals surface area (Å²) in [6.07, 6.45) is 7.20. The number of rotatable bonds is 6. The van der Waals surface area contributed by atoms with Crippen LogP contribution in [0.4, 0.5) is 17.6 Å². The van der Waals surface area contributed by atoms with Gasteiger partial charge in [-0.25, -0.2) is 13.4 Å². The minimum Gasteiger partial charge on any atom is -0.351 e. The van der Waals surface area contributed by atoms with Crippen LogP contribution in [-0.2, 0) is 10.0 Å². The van der Waals surface area contributed by atoms with E-state index in [0.717, 1.165) is 35.2 Å². The van der Waals surface area contributed by atoms with Gasteiger partial charge in [-0.15, -0.1) is 11.3 Å². The largest absolute Gasteiger partial charge is 0.351 e. The average Bonchev–Trinajstić information content (AvgIpc) is 3.48. The molecule has 0 spiro atoms. The zero-order valence-electron chi connectivity index (χ0n) is 19.2. The predicted octanol–water partition coefficient (Wildman–Crippen LogP) is 4.05. The van der Waals surface area contributed by atoms with Crippen molar-refractivity contribution in [1.29, 1.82) is 0 Å². The molecule has 0 aliphatic carbocycles. The lowest BCUT2D eigenvalue weighted by molar-refractivity contribution is 0.115. The van der Waals surface area contributed by atoms with Crippen LogP contribution >= 0.6 is 11.3 Å². The number of sulfonamides is 1. The summed E-state index contributed by atoms with van der Waals surface area (Å²) in [6.45, 7) is 1.95. The van der Waals surface area contributed by atoms with Crippen LogP contribution in [0.3, 0.4) is 0 Å². The summed E-state index contributed by atoms with van der Waals surface area (Å²) < 4.78 is 28.6. The minimum atomic E-state index is -3.58. The highest BCUT2D eigenvalue weighted by Crippen LogP contribution is 2.39. The van der Waals surface area contributed by atoms with Gasteiger partial charge in [-0.1, -0.05) is 6.42 Å². The second kappa shape index (κ2) is 8.85. The van der Waals surface area contributed by atoms with Crippen molar-refractivity contribution in [2.24, 2.45) is 0 Å². The first-order valence-corrected chi connectivity index (χ1v) is 14.0. The molecule has 6 rings (SSSR count). The van der Waals surface area contributed by atoms with E-state index in [-0.39, 0.29) is 23.0 Å². The van der Waals surface area contributed by atoms with Crippen LogP contribution in [0.2, 0.25) is 0 Å². The Balaban J connectivity index is 1.25. The summed E-state index contributed by atoms with van der Waals surface area (Å²) >= 11 is 1.56. The molecule has 3 atom stereocenters. The molecule has 0 radical (unpaired) electrons. The maximum atomic E-state index is 13.4. The molecule has 2 aliphatic rings. The monoisotopic (exact) mass is 510 g/mol. The highest BCUT2D eigenvalue weighted by Gasteiger charge is 2.45. The van der Waals surface area contributed by atoms with Crippen LogP contribution in [-0.4, -0.2) is 56.0 Å². The summed E-state index contributed by atoms with van der Waals surface area (Å²) in [7, 11) is -3.58. The van der Waals surface area contributed by atoms with Crippen LogP contribution in [0.1, 0.15) is 37.8 Å². The van der Waals surface area contributed by atoms with Crippen LogP contribution in [0.5, 0.6) is 0 Å². The molecule has 0 unspecified atom stereocenters. The van der Waals surface area contributed by atoms with Gasteiger partial charge in [-0.3, -0.25) is 10.1 Å². The Morgan fingerprint density at radius 1 is 1.17 bits per heavy atom. The highest BCUT2D eigenvalue weighted by atomic mass is 32.2. The first-order valence-electron chi connectivity index (χ1n) is 11.7. The second-order valence-electron chi connectivity index (χ2n) is 9.17. The number of aryl methyl sites for hydroxylation is 1. The number of pyridine rings is 1. The van der Waals surface area contributed by atoms with Crippen molar-refractivity contribution < 1.29 is 8.42 Å². The van der Waals surface area contributed by atoms with Crippen LogP contribution in [0, 0.1) is 6.92 Å². The molecule has 2 aliphatic heterocycles. The lowest BCUT2D eigenvalue weighted by Crippen LogP contribution is -2.57. The van der Waals surface area contributed by atoms with Crippen molar-refractivity contribution in [1.82, 2.24) is 29.5 Å². The fourth-order valence-electron chi connectivity index (χ4n) is 5.27. The smallest absolute Gasteiger partial charge is 0.245 e. The number of thiophene rings is 1. The maximum absolute atomic E-state index is 13.4. The van der Waals surface area contributed by atoms with Gasteiger partial charge in [0.25, 0.3) is 0 Å². The zero-order chi connectivity index (χ0) is 24.0. The molecule has 4 aromatic heterocycles.